The van der Waals surface area contributed by atoms with Gasteiger partial charge in [-0.3, -0.25) is 9.36 Å². The van der Waals surface area contributed by atoms with Crippen LogP contribution in [0.15, 0.2) is 29.2 Å². The largest absolute Gasteiger partial charge is 0.480 e. The number of fused-ring (bicyclic) bond motifs is 1. The van der Waals surface area contributed by atoms with Crippen molar-refractivity contribution in [3.05, 3.63) is 57.4 Å². The van der Waals surface area contributed by atoms with Crippen molar-refractivity contribution in [3.8, 4) is 0 Å². The van der Waals surface area contributed by atoms with E-state index in [1.807, 2.05) is 0 Å². The Bertz CT molecular complexity index is 812. The van der Waals surface area contributed by atoms with E-state index in [9.17, 15) is 19.1 Å². The van der Waals surface area contributed by atoms with E-state index in [-0.39, 0.29) is 18.2 Å². The van der Waals surface area contributed by atoms with E-state index in [0.717, 1.165) is 5.56 Å². The lowest BCUT2D eigenvalue weighted by Crippen LogP contribution is -2.30. The first-order chi connectivity index (χ1) is 11.0. The number of carbonyl (C=O) groups is 1. The quantitative estimate of drug-likeness (QED) is 0.899. The number of carboxylic acids is 1. The number of nitrogens with one attached hydrogen (secondary N) is 1. The molecule has 0 radical (unpaired) electrons. The molecule has 3 rings (SSSR count). The summed E-state index contributed by atoms with van der Waals surface area (Å²) in [6.07, 6.45) is 2.42. The predicted octanol–water partition coefficient (Wildman–Crippen LogP) is 1.87. The zero-order chi connectivity index (χ0) is 16.6. The number of aromatic nitrogens is 2. The Morgan fingerprint density at radius 3 is 2.96 bits per heavy atom. The third kappa shape index (κ3) is 2.94. The molecule has 2 aromatic rings. The van der Waals surface area contributed by atoms with Crippen LogP contribution in [0.4, 0.5) is 10.2 Å². The number of anilines is 1. The number of halogens is 1. The van der Waals surface area contributed by atoms with Crippen LogP contribution in [-0.2, 0) is 17.8 Å². The minimum absolute atomic E-state index is 0.0730. The second kappa shape index (κ2) is 5.83. The molecule has 0 fully saturated rings. The molecule has 7 heteroatoms. The van der Waals surface area contributed by atoms with E-state index in [2.05, 4.69) is 10.3 Å². The van der Waals surface area contributed by atoms with Crippen molar-refractivity contribution < 1.29 is 14.3 Å². The van der Waals surface area contributed by atoms with Crippen LogP contribution in [0.5, 0.6) is 0 Å². The molecule has 0 aliphatic carbocycles. The summed E-state index contributed by atoms with van der Waals surface area (Å²) in [4.78, 5) is 27.7. The smallest absolute Gasteiger partial charge is 0.326 e. The molecule has 0 saturated carbocycles. The predicted molar refractivity (Wildman–Crippen MR) is 82.0 cm³/mol. The highest BCUT2D eigenvalue weighted by Crippen LogP contribution is 2.23. The van der Waals surface area contributed by atoms with E-state index in [0.29, 0.717) is 24.1 Å². The Labute approximate surface area is 131 Å². The van der Waals surface area contributed by atoms with Crippen molar-refractivity contribution >= 4 is 11.8 Å². The van der Waals surface area contributed by atoms with Gasteiger partial charge < -0.3 is 10.4 Å². The molecular weight excluding hydrogens is 301 g/mol. The first-order valence-corrected chi connectivity index (χ1v) is 7.29. The SMILES string of the molecule is Cc1cc(F)cc(CNc2ncc3n(c2=O)[C@H](C(=O)O)CC3)c1. The Morgan fingerprint density at radius 1 is 1.48 bits per heavy atom. The van der Waals surface area contributed by atoms with Crippen LogP contribution >= 0.6 is 0 Å². The van der Waals surface area contributed by atoms with E-state index in [1.165, 1.54) is 22.9 Å². The normalized spacial score (nSPS) is 16.2. The molecule has 0 saturated heterocycles. The number of carboxylic acid groups (broad SMARTS) is 1. The van der Waals surface area contributed by atoms with Crippen molar-refractivity contribution in [2.24, 2.45) is 0 Å². The van der Waals surface area contributed by atoms with Gasteiger partial charge in [-0.25, -0.2) is 14.2 Å². The molecule has 23 heavy (non-hydrogen) atoms. The van der Waals surface area contributed by atoms with Gasteiger partial charge in [0.05, 0.1) is 0 Å². The maximum atomic E-state index is 13.4. The first-order valence-electron chi connectivity index (χ1n) is 7.29. The average molecular weight is 317 g/mol. The van der Waals surface area contributed by atoms with E-state index >= 15 is 0 Å². The molecule has 0 amide bonds. The zero-order valence-electron chi connectivity index (χ0n) is 12.5. The highest BCUT2D eigenvalue weighted by Gasteiger charge is 2.30. The van der Waals surface area contributed by atoms with Gasteiger partial charge in [-0.2, -0.15) is 0 Å². The molecule has 0 spiro atoms. The second-order valence-corrected chi connectivity index (χ2v) is 5.66. The van der Waals surface area contributed by atoms with Crippen molar-refractivity contribution in [3.63, 3.8) is 0 Å². The number of hydrogen-bond acceptors (Lipinski definition) is 4. The summed E-state index contributed by atoms with van der Waals surface area (Å²) in [6, 6.07) is 3.76. The molecule has 1 atom stereocenters. The van der Waals surface area contributed by atoms with Gasteiger partial charge in [-0.05, 0) is 43.0 Å². The summed E-state index contributed by atoms with van der Waals surface area (Å²) >= 11 is 0. The zero-order valence-corrected chi connectivity index (χ0v) is 12.5. The Kier molecular flexibility index (Phi) is 3.85. The fourth-order valence-corrected chi connectivity index (χ4v) is 2.90. The van der Waals surface area contributed by atoms with Gasteiger partial charge in [-0.1, -0.05) is 6.07 Å². The summed E-state index contributed by atoms with van der Waals surface area (Å²) in [5.41, 5.74) is 1.63. The van der Waals surface area contributed by atoms with Gasteiger partial charge in [0.2, 0.25) is 0 Å². The van der Waals surface area contributed by atoms with Crippen molar-refractivity contribution in [2.75, 3.05) is 5.32 Å². The molecule has 1 aromatic heterocycles. The maximum absolute atomic E-state index is 13.4. The van der Waals surface area contributed by atoms with Crippen LogP contribution in [0, 0.1) is 12.7 Å². The summed E-state index contributed by atoms with van der Waals surface area (Å²) in [6.45, 7) is 2.02. The summed E-state index contributed by atoms with van der Waals surface area (Å²) in [7, 11) is 0. The molecule has 6 nitrogen and oxygen atoms in total. The fourth-order valence-electron chi connectivity index (χ4n) is 2.90. The van der Waals surface area contributed by atoms with Crippen molar-refractivity contribution in [1.82, 2.24) is 9.55 Å². The second-order valence-electron chi connectivity index (χ2n) is 5.66. The maximum Gasteiger partial charge on any atom is 0.326 e. The van der Waals surface area contributed by atoms with Gasteiger partial charge in [0.15, 0.2) is 5.82 Å². The lowest BCUT2D eigenvalue weighted by atomic mass is 10.1. The highest BCUT2D eigenvalue weighted by molar-refractivity contribution is 5.72. The van der Waals surface area contributed by atoms with Gasteiger partial charge in [0.1, 0.15) is 11.9 Å². The van der Waals surface area contributed by atoms with E-state index < -0.39 is 17.6 Å². The minimum Gasteiger partial charge on any atom is -0.480 e. The summed E-state index contributed by atoms with van der Waals surface area (Å²) in [5, 5.41) is 12.1. The first kappa shape index (κ1) is 15.2. The number of aryl methyl sites for hydroxylation is 2. The number of aliphatic carboxylic acids is 1. The number of hydrogen-bond donors (Lipinski definition) is 2. The van der Waals surface area contributed by atoms with Crippen molar-refractivity contribution in [2.45, 2.75) is 32.4 Å². The molecule has 0 bridgehead atoms. The average Bonchev–Trinajstić information content (AvgIpc) is 2.90. The lowest BCUT2D eigenvalue weighted by Gasteiger charge is -2.12. The Morgan fingerprint density at radius 2 is 2.26 bits per heavy atom. The van der Waals surface area contributed by atoms with Crippen LogP contribution in [0.25, 0.3) is 0 Å². The van der Waals surface area contributed by atoms with Crippen LogP contribution in [0.3, 0.4) is 0 Å². The van der Waals surface area contributed by atoms with Crippen LogP contribution in [0.1, 0.15) is 29.3 Å². The molecule has 2 heterocycles. The molecule has 120 valence electrons. The van der Waals surface area contributed by atoms with Crippen LogP contribution in [0.2, 0.25) is 0 Å². The Hall–Kier alpha value is -2.70. The molecule has 1 aliphatic heterocycles. The molecule has 1 aliphatic rings. The fraction of sp³-hybridized carbons (Fsp3) is 0.312. The summed E-state index contributed by atoms with van der Waals surface area (Å²) in [5.74, 6) is -1.29. The minimum atomic E-state index is -1.02. The van der Waals surface area contributed by atoms with Gasteiger partial charge in [-0.15, -0.1) is 0 Å². The monoisotopic (exact) mass is 317 g/mol. The standard InChI is InChI=1S/C16H16FN3O3/c1-9-4-10(6-11(17)5-9)7-18-14-15(21)20-12(8-19-14)2-3-13(20)16(22)23/h4-6,8,13H,2-3,7H2,1H3,(H,18,19)(H,22,23)/t13-/m0/s1. The van der Waals surface area contributed by atoms with Crippen LogP contribution in [-0.4, -0.2) is 20.6 Å². The molecular formula is C16H16FN3O3. The third-order valence-electron chi connectivity index (χ3n) is 3.91. The number of nitrogens with zero attached hydrogens (tertiary/aromatic N) is 2. The van der Waals surface area contributed by atoms with Gasteiger partial charge >= 0.3 is 5.97 Å². The highest BCUT2D eigenvalue weighted by atomic mass is 19.1. The number of rotatable bonds is 4. The van der Waals surface area contributed by atoms with Crippen molar-refractivity contribution in [1.29, 1.82) is 0 Å². The molecule has 2 N–H and O–H groups in total. The lowest BCUT2D eigenvalue weighted by molar-refractivity contribution is -0.140. The van der Waals surface area contributed by atoms with E-state index in [4.69, 9.17) is 0 Å². The van der Waals surface area contributed by atoms with Gasteiger partial charge in [0, 0.05) is 18.4 Å². The van der Waals surface area contributed by atoms with E-state index in [1.54, 1.807) is 13.0 Å². The van der Waals surface area contributed by atoms with Gasteiger partial charge in [0.25, 0.3) is 5.56 Å². The Balaban J connectivity index is 1.86. The summed E-state index contributed by atoms with van der Waals surface area (Å²) < 4.78 is 14.7. The van der Waals surface area contributed by atoms with Crippen LogP contribution < -0.4 is 10.9 Å². The third-order valence-corrected chi connectivity index (χ3v) is 3.91. The number of benzene rings is 1. The molecule has 1 aromatic carbocycles. The molecule has 0 unspecified atom stereocenters. The topological polar surface area (TPSA) is 84.2 Å².